The summed E-state index contributed by atoms with van der Waals surface area (Å²) in [4.78, 5) is 24.8. The van der Waals surface area contributed by atoms with E-state index < -0.39 is 28.5 Å². The van der Waals surface area contributed by atoms with Gasteiger partial charge in [0.2, 0.25) is 10.9 Å². The van der Waals surface area contributed by atoms with Crippen LogP contribution in [0.15, 0.2) is 97.1 Å². The zero-order valence-corrected chi connectivity index (χ0v) is 19.1. The number of amides is 2. The number of hydrogen-bond acceptors (Lipinski definition) is 4. The van der Waals surface area contributed by atoms with E-state index in [0.29, 0.717) is 5.56 Å². The monoisotopic (exact) mass is 489 g/mol. The van der Waals surface area contributed by atoms with E-state index in [9.17, 15) is 22.4 Å². The summed E-state index contributed by atoms with van der Waals surface area (Å²) in [6, 6.07) is 25.5. The van der Waals surface area contributed by atoms with Crippen molar-refractivity contribution in [1.29, 1.82) is 0 Å². The summed E-state index contributed by atoms with van der Waals surface area (Å²) >= 11 is 0. The van der Waals surface area contributed by atoms with Crippen LogP contribution in [0.1, 0.15) is 20.7 Å². The third-order valence-electron chi connectivity index (χ3n) is 5.24. The lowest BCUT2D eigenvalue weighted by atomic mass is 10.0. The maximum Gasteiger partial charge on any atom is 0.255 e. The molecule has 0 heterocycles. The zero-order valence-electron chi connectivity index (χ0n) is 18.2. The number of thiol groups is 1. The molecular formula is C26H20FN3O4S. The first-order chi connectivity index (χ1) is 16.8. The van der Waals surface area contributed by atoms with E-state index in [1.54, 1.807) is 12.1 Å². The van der Waals surface area contributed by atoms with Crippen LogP contribution in [0.25, 0.3) is 11.1 Å². The van der Waals surface area contributed by atoms with Crippen LogP contribution < -0.4 is 15.4 Å². The quantitative estimate of drug-likeness (QED) is 0.332. The van der Waals surface area contributed by atoms with Crippen LogP contribution in [-0.2, 0) is 10.9 Å². The highest BCUT2D eigenvalue weighted by molar-refractivity contribution is 7.74. The molecule has 9 heteroatoms. The van der Waals surface area contributed by atoms with Crippen molar-refractivity contribution in [2.45, 2.75) is 0 Å². The first kappa shape index (κ1) is 23.7. The topological polar surface area (TPSA) is 110 Å². The van der Waals surface area contributed by atoms with Crippen molar-refractivity contribution < 1.29 is 22.4 Å². The molecule has 0 unspecified atom stereocenters. The van der Waals surface area contributed by atoms with Gasteiger partial charge in [0, 0.05) is 11.3 Å². The van der Waals surface area contributed by atoms with Crippen molar-refractivity contribution in [2.24, 2.45) is 5.73 Å². The van der Waals surface area contributed by atoms with Gasteiger partial charge in [0.1, 0.15) is 5.82 Å². The number of benzene rings is 4. The average Bonchev–Trinajstić information content (AvgIpc) is 2.86. The van der Waals surface area contributed by atoms with Gasteiger partial charge in [-0.3, -0.25) is 9.59 Å². The Morgan fingerprint density at radius 2 is 1.43 bits per heavy atom. The van der Waals surface area contributed by atoms with Gasteiger partial charge in [-0.1, -0.05) is 42.5 Å². The van der Waals surface area contributed by atoms with E-state index in [1.807, 2.05) is 42.5 Å². The largest absolute Gasteiger partial charge is 0.366 e. The fourth-order valence-electron chi connectivity index (χ4n) is 3.54. The minimum Gasteiger partial charge on any atom is -0.366 e. The number of nitrogens with zero attached hydrogens (tertiary/aromatic N) is 1. The Bertz CT molecular complexity index is 1450. The third-order valence-corrected chi connectivity index (χ3v) is 6.01. The fraction of sp³-hybridized carbons (Fsp3) is 0. The Labute approximate surface area is 202 Å². The van der Waals surface area contributed by atoms with E-state index in [-0.39, 0.29) is 22.6 Å². The van der Waals surface area contributed by atoms with Crippen LogP contribution in [0.4, 0.5) is 21.5 Å². The standard InChI is InChI=1S/C26H20FN3O4S/c27-20-10-13-22(14-11-20)30(35(33)34)24-16-21(12-15-23(24)25(28)31)29-26(32)19-8-6-18(7-9-19)17-4-2-1-3-5-17/h1-16,35H,(H2,28,31)(H,29,32). The smallest absolute Gasteiger partial charge is 0.255 e. The van der Waals surface area contributed by atoms with Crippen molar-refractivity contribution in [3.05, 3.63) is 114 Å². The number of nitrogens with one attached hydrogen (secondary N) is 1. The zero-order chi connectivity index (χ0) is 24.9. The molecule has 0 bridgehead atoms. The van der Waals surface area contributed by atoms with Crippen LogP contribution >= 0.6 is 0 Å². The van der Waals surface area contributed by atoms with Gasteiger partial charge in [-0.25, -0.2) is 17.1 Å². The van der Waals surface area contributed by atoms with E-state index in [1.165, 1.54) is 30.3 Å². The van der Waals surface area contributed by atoms with Gasteiger partial charge in [-0.2, -0.15) is 0 Å². The molecule has 2 amide bonds. The molecule has 0 radical (unpaired) electrons. The van der Waals surface area contributed by atoms with Crippen LogP contribution in [0.3, 0.4) is 0 Å². The molecule has 0 fully saturated rings. The summed E-state index contributed by atoms with van der Waals surface area (Å²) in [6.45, 7) is 0. The summed E-state index contributed by atoms with van der Waals surface area (Å²) in [5, 5.41) is 2.70. The Morgan fingerprint density at radius 3 is 2.03 bits per heavy atom. The molecule has 0 atom stereocenters. The van der Waals surface area contributed by atoms with Gasteiger partial charge < -0.3 is 11.1 Å². The Kier molecular flexibility index (Phi) is 6.88. The number of anilines is 3. The molecule has 0 saturated carbocycles. The summed E-state index contributed by atoms with van der Waals surface area (Å²) in [7, 11) is -3.28. The summed E-state index contributed by atoms with van der Waals surface area (Å²) < 4.78 is 38.4. The van der Waals surface area contributed by atoms with Gasteiger partial charge in [-0.15, -0.1) is 0 Å². The van der Waals surface area contributed by atoms with Gasteiger partial charge in [0.05, 0.1) is 16.9 Å². The number of carbonyl (C=O) groups is 2. The number of rotatable bonds is 7. The maximum atomic E-state index is 13.4. The highest BCUT2D eigenvalue weighted by atomic mass is 32.2. The summed E-state index contributed by atoms with van der Waals surface area (Å²) in [6.07, 6.45) is 0. The molecule has 0 aliphatic rings. The predicted molar refractivity (Wildman–Crippen MR) is 134 cm³/mol. The highest BCUT2D eigenvalue weighted by Crippen LogP contribution is 2.32. The van der Waals surface area contributed by atoms with Gasteiger partial charge >= 0.3 is 0 Å². The molecule has 35 heavy (non-hydrogen) atoms. The lowest BCUT2D eigenvalue weighted by Gasteiger charge is -2.21. The molecule has 0 aliphatic carbocycles. The van der Waals surface area contributed by atoms with Gasteiger partial charge in [0.25, 0.3) is 11.8 Å². The van der Waals surface area contributed by atoms with Crippen molar-refractivity contribution in [3.63, 3.8) is 0 Å². The molecule has 0 spiro atoms. The molecule has 0 aromatic heterocycles. The Morgan fingerprint density at radius 1 is 0.800 bits per heavy atom. The summed E-state index contributed by atoms with van der Waals surface area (Å²) in [5.74, 6) is -1.84. The molecule has 0 aliphatic heterocycles. The highest BCUT2D eigenvalue weighted by Gasteiger charge is 2.20. The van der Waals surface area contributed by atoms with Crippen molar-refractivity contribution >= 4 is 39.8 Å². The second kappa shape index (κ2) is 10.2. The van der Waals surface area contributed by atoms with Gasteiger partial charge in [0.15, 0.2) is 0 Å². The Balaban J connectivity index is 1.64. The summed E-state index contributed by atoms with van der Waals surface area (Å²) in [5.41, 5.74) is 7.98. The molecular weight excluding hydrogens is 469 g/mol. The first-order valence-corrected chi connectivity index (χ1v) is 11.6. The lowest BCUT2D eigenvalue weighted by molar-refractivity contribution is 0.0999. The van der Waals surface area contributed by atoms with E-state index >= 15 is 0 Å². The normalized spacial score (nSPS) is 10.7. The number of carbonyl (C=O) groups excluding carboxylic acids is 2. The maximum absolute atomic E-state index is 13.4. The van der Waals surface area contributed by atoms with Crippen LogP contribution in [0, 0.1) is 5.82 Å². The molecule has 0 saturated heterocycles. The SMILES string of the molecule is NC(=O)c1ccc(NC(=O)c2ccc(-c3ccccc3)cc2)cc1N(c1ccc(F)cc1)[SH](=O)=O. The predicted octanol–water partition coefficient (Wildman–Crippen LogP) is 4.51. The van der Waals surface area contributed by atoms with E-state index in [4.69, 9.17) is 5.73 Å². The molecule has 4 rings (SSSR count). The number of primary amides is 1. The molecule has 4 aromatic carbocycles. The molecule has 176 valence electrons. The van der Waals surface area contributed by atoms with Crippen LogP contribution in [-0.4, -0.2) is 20.2 Å². The fourth-order valence-corrected chi connectivity index (χ4v) is 4.21. The van der Waals surface area contributed by atoms with Crippen molar-refractivity contribution in [2.75, 3.05) is 9.62 Å². The average molecular weight is 490 g/mol. The first-order valence-electron chi connectivity index (χ1n) is 10.4. The third kappa shape index (κ3) is 5.36. The number of nitrogens with two attached hydrogens (primary N) is 1. The van der Waals surface area contributed by atoms with Gasteiger partial charge in [-0.05, 0) is 65.7 Å². The van der Waals surface area contributed by atoms with Crippen LogP contribution in [0.2, 0.25) is 0 Å². The minimum atomic E-state index is -3.28. The number of halogens is 1. The molecule has 7 nitrogen and oxygen atoms in total. The molecule has 3 N–H and O–H groups in total. The molecule has 4 aromatic rings. The van der Waals surface area contributed by atoms with Crippen molar-refractivity contribution in [3.8, 4) is 11.1 Å². The second-order valence-electron chi connectivity index (χ2n) is 7.52. The van der Waals surface area contributed by atoms with Crippen molar-refractivity contribution in [1.82, 2.24) is 0 Å². The number of hydrogen-bond donors (Lipinski definition) is 3. The lowest BCUT2D eigenvalue weighted by Crippen LogP contribution is -2.21. The second-order valence-corrected chi connectivity index (χ2v) is 8.40. The van der Waals surface area contributed by atoms with E-state index in [2.05, 4.69) is 5.32 Å². The Hall–Kier alpha value is -4.50. The minimum absolute atomic E-state index is 0.0718. The van der Waals surface area contributed by atoms with E-state index in [0.717, 1.165) is 27.6 Å². The van der Waals surface area contributed by atoms with Crippen LogP contribution in [0.5, 0.6) is 0 Å².